The molecule has 1 saturated carbocycles. The molecule has 0 heterocycles. The smallest absolute Gasteiger partial charge is 0.0547 e. The molecule has 18 heavy (non-hydrogen) atoms. The van der Waals surface area contributed by atoms with E-state index in [0.717, 1.165) is 11.9 Å². The van der Waals surface area contributed by atoms with Crippen LogP contribution in [0.5, 0.6) is 0 Å². The van der Waals surface area contributed by atoms with Gasteiger partial charge < -0.3 is 4.74 Å². The first-order valence-corrected chi connectivity index (χ1v) is 9.02. The number of halogens is 1. The molecule has 108 valence electrons. The Bertz CT molecular complexity index is 199. The fourth-order valence-corrected chi connectivity index (χ4v) is 3.60. The Morgan fingerprint density at radius 3 is 2.44 bits per heavy atom. The van der Waals surface area contributed by atoms with Crippen LogP contribution in [0.2, 0.25) is 0 Å². The lowest BCUT2D eigenvalue weighted by Crippen LogP contribution is -2.33. The maximum Gasteiger partial charge on any atom is 0.0547 e. The van der Waals surface area contributed by atoms with Crippen molar-refractivity contribution in [3.05, 3.63) is 0 Å². The van der Waals surface area contributed by atoms with Crippen molar-refractivity contribution in [1.29, 1.82) is 0 Å². The van der Waals surface area contributed by atoms with E-state index in [1.165, 1.54) is 64.2 Å². The van der Waals surface area contributed by atoms with Crippen molar-refractivity contribution in [2.24, 2.45) is 5.41 Å². The van der Waals surface area contributed by atoms with E-state index in [4.69, 9.17) is 4.74 Å². The predicted molar refractivity (Wildman–Crippen MR) is 83.5 cm³/mol. The topological polar surface area (TPSA) is 9.23 Å². The van der Waals surface area contributed by atoms with E-state index in [2.05, 4.69) is 29.8 Å². The Labute approximate surface area is 122 Å². The van der Waals surface area contributed by atoms with E-state index in [1.54, 1.807) is 0 Å². The van der Waals surface area contributed by atoms with E-state index in [-0.39, 0.29) is 0 Å². The van der Waals surface area contributed by atoms with Gasteiger partial charge in [0.1, 0.15) is 0 Å². The van der Waals surface area contributed by atoms with Crippen LogP contribution in [0.4, 0.5) is 0 Å². The van der Waals surface area contributed by atoms with Crippen molar-refractivity contribution < 1.29 is 4.74 Å². The van der Waals surface area contributed by atoms with Gasteiger partial charge in [-0.2, -0.15) is 0 Å². The summed E-state index contributed by atoms with van der Waals surface area (Å²) in [5.74, 6) is 0. The predicted octanol–water partition coefficient (Wildman–Crippen LogP) is 5.71. The van der Waals surface area contributed by atoms with E-state index in [0.29, 0.717) is 11.5 Å². The molecule has 0 bridgehead atoms. The Kier molecular flexibility index (Phi) is 8.58. The second-order valence-electron chi connectivity index (χ2n) is 6.17. The maximum atomic E-state index is 6.13. The van der Waals surface area contributed by atoms with Crippen molar-refractivity contribution in [2.45, 2.75) is 84.2 Å². The summed E-state index contributed by atoms with van der Waals surface area (Å²) < 4.78 is 6.13. The zero-order valence-corrected chi connectivity index (χ0v) is 13.9. The molecule has 0 saturated heterocycles. The largest absolute Gasteiger partial charge is 0.378 e. The molecule has 0 amide bonds. The highest BCUT2D eigenvalue weighted by molar-refractivity contribution is 9.09. The van der Waals surface area contributed by atoms with E-state index in [9.17, 15) is 0 Å². The van der Waals surface area contributed by atoms with Gasteiger partial charge in [-0.15, -0.1) is 0 Å². The zero-order valence-electron chi connectivity index (χ0n) is 12.3. The van der Waals surface area contributed by atoms with E-state index in [1.807, 2.05) is 0 Å². The lowest BCUT2D eigenvalue weighted by molar-refractivity contribution is -0.0109. The molecule has 1 aliphatic rings. The molecule has 1 atom stereocenters. The SMILES string of the molecule is CCCCCCC(C)OCC1(CBr)CCCCC1. The van der Waals surface area contributed by atoms with Gasteiger partial charge in [0.05, 0.1) is 12.7 Å². The average Bonchev–Trinajstić information content (AvgIpc) is 2.42. The first-order chi connectivity index (χ1) is 8.72. The number of ether oxygens (including phenoxy) is 1. The van der Waals surface area contributed by atoms with Crippen LogP contribution in [0.1, 0.15) is 78.1 Å². The van der Waals surface area contributed by atoms with Crippen LogP contribution in [0.3, 0.4) is 0 Å². The van der Waals surface area contributed by atoms with Crippen molar-refractivity contribution >= 4 is 15.9 Å². The van der Waals surface area contributed by atoms with Crippen LogP contribution in [0.15, 0.2) is 0 Å². The Morgan fingerprint density at radius 1 is 1.11 bits per heavy atom. The summed E-state index contributed by atoms with van der Waals surface area (Å²) in [6.45, 7) is 5.48. The van der Waals surface area contributed by atoms with Gasteiger partial charge in [-0.3, -0.25) is 0 Å². The molecule has 0 aliphatic heterocycles. The molecule has 0 radical (unpaired) electrons. The molecule has 0 aromatic rings. The second-order valence-corrected chi connectivity index (χ2v) is 6.73. The van der Waals surface area contributed by atoms with Crippen LogP contribution in [-0.4, -0.2) is 18.0 Å². The van der Waals surface area contributed by atoms with Crippen molar-refractivity contribution in [3.63, 3.8) is 0 Å². The van der Waals surface area contributed by atoms with Gasteiger partial charge >= 0.3 is 0 Å². The van der Waals surface area contributed by atoms with Crippen LogP contribution >= 0.6 is 15.9 Å². The molecule has 0 aromatic heterocycles. The molecular formula is C16H31BrO. The van der Waals surface area contributed by atoms with Gasteiger partial charge in [-0.1, -0.05) is 67.8 Å². The van der Waals surface area contributed by atoms with Gasteiger partial charge in [-0.25, -0.2) is 0 Å². The zero-order chi connectivity index (χ0) is 13.3. The first kappa shape index (κ1) is 16.5. The van der Waals surface area contributed by atoms with Gasteiger partial charge in [0.15, 0.2) is 0 Å². The Hall–Kier alpha value is 0.440. The summed E-state index contributed by atoms with van der Waals surface area (Å²) in [5, 5.41) is 1.11. The molecular weight excluding hydrogens is 288 g/mol. The standard InChI is InChI=1S/C16H31BrO/c1-3-4-5-7-10-15(2)18-14-16(13-17)11-8-6-9-12-16/h15H,3-14H2,1-2H3. The van der Waals surface area contributed by atoms with Crippen molar-refractivity contribution in [2.75, 3.05) is 11.9 Å². The van der Waals surface area contributed by atoms with Crippen molar-refractivity contribution in [1.82, 2.24) is 0 Å². The van der Waals surface area contributed by atoms with Crippen molar-refractivity contribution in [3.8, 4) is 0 Å². The van der Waals surface area contributed by atoms with Gasteiger partial charge in [0.2, 0.25) is 0 Å². The van der Waals surface area contributed by atoms with Crippen LogP contribution < -0.4 is 0 Å². The molecule has 1 unspecified atom stereocenters. The highest BCUT2D eigenvalue weighted by Gasteiger charge is 2.31. The van der Waals surface area contributed by atoms with E-state index < -0.39 is 0 Å². The van der Waals surface area contributed by atoms with Crippen LogP contribution in [0.25, 0.3) is 0 Å². The van der Waals surface area contributed by atoms with Crippen LogP contribution in [0, 0.1) is 5.41 Å². The first-order valence-electron chi connectivity index (χ1n) is 7.90. The normalized spacial score (nSPS) is 20.8. The molecule has 1 fully saturated rings. The molecule has 2 heteroatoms. The average molecular weight is 319 g/mol. The van der Waals surface area contributed by atoms with E-state index >= 15 is 0 Å². The number of alkyl halides is 1. The van der Waals surface area contributed by atoms with Gasteiger partial charge in [0.25, 0.3) is 0 Å². The summed E-state index contributed by atoms with van der Waals surface area (Å²) in [6.07, 6.45) is 14.0. The molecule has 1 aliphatic carbocycles. The fraction of sp³-hybridized carbons (Fsp3) is 1.00. The molecule has 0 spiro atoms. The molecule has 1 rings (SSSR count). The highest BCUT2D eigenvalue weighted by atomic mass is 79.9. The second kappa shape index (κ2) is 9.36. The molecule has 1 nitrogen and oxygen atoms in total. The summed E-state index contributed by atoms with van der Waals surface area (Å²) in [6, 6.07) is 0. The summed E-state index contributed by atoms with van der Waals surface area (Å²) in [7, 11) is 0. The minimum absolute atomic E-state index is 0.440. The quantitative estimate of drug-likeness (QED) is 0.391. The maximum absolute atomic E-state index is 6.13. The minimum atomic E-state index is 0.440. The third-order valence-electron chi connectivity index (χ3n) is 4.34. The van der Waals surface area contributed by atoms with Gasteiger partial charge in [0, 0.05) is 10.7 Å². The monoisotopic (exact) mass is 318 g/mol. The molecule has 0 N–H and O–H groups in total. The Morgan fingerprint density at radius 2 is 1.83 bits per heavy atom. The molecule has 0 aromatic carbocycles. The highest BCUT2D eigenvalue weighted by Crippen LogP contribution is 2.38. The fourth-order valence-electron chi connectivity index (χ4n) is 2.88. The number of hydrogen-bond acceptors (Lipinski definition) is 1. The number of hydrogen-bond donors (Lipinski definition) is 0. The minimum Gasteiger partial charge on any atom is -0.378 e. The van der Waals surface area contributed by atoms with Crippen LogP contribution in [-0.2, 0) is 4.74 Å². The lowest BCUT2D eigenvalue weighted by atomic mass is 9.76. The summed E-state index contributed by atoms with van der Waals surface area (Å²) in [5.41, 5.74) is 0.440. The third kappa shape index (κ3) is 6.06. The summed E-state index contributed by atoms with van der Waals surface area (Å²) in [4.78, 5) is 0. The van der Waals surface area contributed by atoms with Gasteiger partial charge in [-0.05, 0) is 26.2 Å². The Balaban J connectivity index is 2.16. The third-order valence-corrected chi connectivity index (χ3v) is 5.53. The lowest BCUT2D eigenvalue weighted by Gasteiger charge is -2.36. The number of rotatable bonds is 9. The number of unbranched alkanes of at least 4 members (excludes halogenated alkanes) is 3. The summed E-state index contributed by atoms with van der Waals surface area (Å²) >= 11 is 3.71.